The molecule has 1 N–H and O–H groups in total. The minimum atomic E-state index is 0.380. The van der Waals surface area contributed by atoms with Crippen molar-refractivity contribution in [1.82, 2.24) is 5.32 Å². The van der Waals surface area contributed by atoms with Crippen LogP contribution < -0.4 is 5.32 Å². The van der Waals surface area contributed by atoms with Crippen molar-refractivity contribution < 1.29 is 0 Å². The van der Waals surface area contributed by atoms with Crippen molar-refractivity contribution in [1.29, 1.82) is 0 Å². The molecule has 3 aliphatic carbocycles. The molecule has 2 atom stereocenters. The van der Waals surface area contributed by atoms with Crippen LogP contribution >= 0.6 is 0 Å². The zero-order valence-corrected chi connectivity index (χ0v) is 31.2. The third kappa shape index (κ3) is 11.4. The van der Waals surface area contributed by atoms with Crippen molar-refractivity contribution in [3.8, 4) is 0 Å². The van der Waals surface area contributed by atoms with Gasteiger partial charge in [0, 0.05) is 17.7 Å². The predicted molar refractivity (Wildman–Crippen MR) is 233 cm³/mol. The summed E-state index contributed by atoms with van der Waals surface area (Å²) >= 11 is 0. The maximum atomic E-state index is 3.78. The fraction of sp³-hybridized carbons (Fsp3) is 0.132. The molecule has 0 saturated carbocycles. The average Bonchev–Trinajstić information content (AvgIpc) is 3.26. The van der Waals surface area contributed by atoms with E-state index < -0.39 is 0 Å². The largest absolute Gasteiger partial charge is 0.378 e. The minimum Gasteiger partial charge on any atom is -0.378 e. The van der Waals surface area contributed by atoms with E-state index in [-0.39, 0.29) is 0 Å². The number of benzene rings is 6. The lowest BCUT2D eigenvalue weighted by Crippen LogP contribution is -2.32. The van der Waals surface area contributed by atoms with Crippen LogP contribution in [0, 0.1) is 5.92 Å². The lowest BCUT2D eigenvalue weighted by Gasteiger charge is -2.27. The van der Waals surface area contributed by atoms with Crippen molar-refractivity contribution >= 4 is 16.8 Å². The first-order valence-corrected chi connectivity index (χ1v) is 19.2. The summed E-state index contributed by atoms with van der Waals surface area (Å²) in [5, 5.41) is 6.39. The molecule has 0 aliphatic heterocycles. The Morgan fingerprint density at radius 2 is 1.24 bits per heavy atom. The third-order valence-corrected chi connectivity index (χ3v) is 9.73. The highest BCUT2D eigenvalue weighted by Gasteiger charge is 2.20. The van der Waals surface area contributed by atoms with Gasteiger partial charge in [0.05, 0.1) is 0 Å². The van der Waals surface area contributed by atoms with Gasteiger partial charge in [-0.2, -0.15) is 0 Å². The number of rotatable bonds is 7. The van der Waals surface area contributed by atoms with Gasteiger partial charge in [0.25, 0.3) is 0 Å². The van der Waals surface area contributed by atoms with Crippen LogP contribution in [0.4, 0.5) is 0 Å². The summed E-state index contributed by atoms with van der Waals surface area (Å²) in [7, 11) is 0. The lowest BCUT2D eigenvalue weighted by atomic mass is 9.86. The first-order valence-electron chi connectivity index (χ1n) is 19.2. The van der Waals surface area contributed by atoms with Crippen LogP contribution in [0.25, 0.3) is 16.8 Å². The number of hydrogen-bond donors (Lipinski definition) is 1. The van der Waals surface area contributed by atoms with Gasteiger partial charge in [-0.15, -0.1) is 6.58 Å². The fourth-order valence-corrected chi connectivity index (χ4v) is 6.88. The lowest BCUT2D eigenvalue weighted by molar-refractivity contribution is 0.646. The molecule has 0 heterocycles. The second-order valence-corrected chi connectivity index (χ2v) is 13.6. The number of allylic oxidation sites excluding steroid dienone is 8. The van der Waals surface area contributed by atoms with Gasteiger partial charge >= 0.3 is 0 Å². The van der Waals surface area contributed by atoms with Crippen LogP contribution in [0.3, 0.4) is 0 Å². The Kier molecular flexibility index (Phi) is 14.4. The number of nitrogens with one attached hydrogen (secondary N) is 1. The molecule has 1 nitrogen and oxygen atoms in total. The van der Waals surface area contributed by atoms with E-state index in [2.05, 4.69) is 151 Å². The summed E-state index contributed by atoms with van der Waals surface area (Å²) in [6, 6.07) is 57.2. The van der Waals surface area contributed by atoms with Crippen LogP contribution in [0.15, 0.2) is 230 Å². The molecule has 6 aromatic carbocycles. The van der Waals surface area contributed by atoms with Gasteiger partial charge in [-0.25, -0.2) is 0 Å². The van der Waals surface area contributed by atoms with Crippen molar-refractivity contribution in [2.75, 3.05) is 0 Å². The normalized spacial score (nSPS) is 15.9. The standard InChI is InChI=1S/C21H20.C20H19N.2C6H6/c1-2-3-7-17-12-14-18(15-13-17)16-20-10-6-9-19-8-4-5-11-21(19)20;1-2-8-17-14-18(13-12-15(17)6-1)21-20-11-5-9-16-7-3-4-10-19(16)20;2*1-2-4-6-5-3-1/h2,4-6,8-15H,1,3,7,16H2;1-8,10-13,16,18,21H,9,14H2;2*1-6H. The summed E-state index contributed by atoms with van der Waals surface area (Å²) in [5.41, 5.74) is 9.63. The molecule has 0 fully saturated rings. The summed E-state index contributed by atoms with van der Waals surface area (Å²) in [4.78, 5) is 0. The molecule has 3 aliphatic rings. The Bertz CT molecular complexity index is 2090. The first-order chi connectivity index (χ1) is 26.8. The molecular weight excluding hydrogens is 651 g/mol. The summed E-state index contributed by atoms with van der Waals surface area (Å²) < 4.78 is 0. The van der Waals surface area contributed by atoms with Crippen LogP contribution in [-0.2, 0) is 19.3 Å². The second kappa shape index (κ2) is 20.8. The molecule has 0 saturated heterocycles. The Hall–Kier alpha value is -6.18. The van der Waals surface area contributed by atoms with E-state index in [1.54, 1.807) is 0 Å². The van der Waals surface area contributed by atoms with Gasteiger partial charge in [0.1, 0.15) is 0 Å². The Morgan fingerprint density at radius 1 is 0.593 bits per heavy atom. The van der Waals surface area contributed by atoms with E-state index in [4.69, 9.17) is 0 Å². The minimum absolute atomic E-state index is 0.380. The number of fused-ring (bicyclic) bond motifs is 3. The van der Waals surface area contributed by atoms with Crippen LogP contribution in [-0.4, -0.2) is 6.04 Å². The summed E-state index contributed by atoms with van der Waals surface area (Å²) in [6.45, 7) is 3.78. The van der Waals surface area contributed by atoms with Crippen molar-refractivity contribution in [2.24, 2.45) is 5.92 Å². The van der Waals surface area contributed by atoms with E-state index in [0.717, 1.165) is 32.1 Å². The average molecular weight is 702 g/mol. The molecule has 0 radical (unpaired) electrons. The molecule has 268 valence electrons. The molecule has 0 bridgehead atoms. The monoisotopic (exact) mass is 701 g/mol. The predicted octanol–water partition coefficient (Wildman–Crippen LogP) is 13.1. The van der Waals surface area contributed by atoms with Gasteiger partial charge in [-0.05, 0) is 82.3 Å². The molecule has 0 amide bonds. The molecule has 54 heavy (non-hydrogen) atoms. The zero-order valence-electron chi connectivity index (χ0n) is 31.2. The maximum absolute atomic E-state index is 3.78. The highest BCUT2D eigenvalue weighted by Crippen LogP contribution is 2.30. The topological polar surface area (TPSA) is 12.0 Å². The summed E-state index contributed by atoms with van der Waals surface area (Å²) in [5.74, 6) is 0.544. The first kappa shape index (κ1) is 37.6. The van der Waals surface area contributed by atoms with E-state index in [1.807, 2.05) is 78.9 Å². The SMILES string of the molecule is C1=CC2=C(NC3C=Cc4ccccc4C3)C=CCC2C=C1.C=CCCc1ccc(Cc2cccc3ccccc23)cc1.c1ccccc1.c1ccccc1. The van der Waals surface area contributed by atoms with Crippen LogP contribution in [0.5, 0.6) is 0 Å². The molecule has 9 rings (SSSR count). The van der Waals surface area contributed by atoms with Crippen LogP contribution in [0.2, 0.25) is 0 Å². The summed E-state index contributed by atoms with van der Waals surface area (Å²) in [6.07, 6.45) is 25.1. The van der Waals surface area contributed by atoms with E-state index in [1.165, 1.54) is 49.9 Å². The second-order valence-electron chi connectivity index (χ2n) is 13.6. The van der Waals surface area contributed by atoms with Gasteiger partial charge < -0.3 is 5.32 Å². The van der Waals surface area contributed by atoms with E-state index in [9.17, 15) is 0 Å². The highest BCUT2D eigenvalue weighted by molar-refractivity contribution is 5.85. The van der Waals surface area contributed by atoms with Crippen molar-refractivity contribution in [3.05, 3.63) is 258 Å². The molecule has 0 spiro atoms. The van der Waals surface area contributed by atoms with Gasteiger partial charge in [0.2, 0.25) is 0 Å². The molecule has 2 unspecified atom stereocenters. The third-order valence-electron chi connectivity index (χ3n) is 9.73. The smallest absolute Gasteiger partial charge is 0.0488 e. The number of aryl methyl sites for hydroxylation is 1. The molecule has 0 aromatic heterocycles. The van der Waals surface area contributed by atoms with Gasteiger partial charge in [0.15, 0.2) is 0 Å². The maximum Gasteiger partial charge on any atom is 0.0488 e. The Morgan fingerprint density at radius 3 is 1.96 bits per heavy atom. The molecule has 1 heteroatoms. The van der Waals surface area contributed by atoms with E-state index >= 15 is 0 Å². The highest BCUT2D eigenvalue weighted by atomic mass is 14.9. The van der Waals surface area contributed by atoms with Crippen molar-refractivity contribution in [2.45, 2.75) is 38.1 Å². The Labute approximate surface area is 323 Å². The van der Waals surface area contributed by atoms with Gasteiger partial charge in [-0.3, -0.25) is 0 Å². The quantitative estimate of drug-likeness (QED) is 0.163. The molecule has 6 aromatic rings. The number of hydrogen-bond acceptors (Lipinski definition) is 1. The van der Waals surface area contributed by atoms with E-state index in [0.29, 0.717) is 12.0 Å². The van der Waals surface area contributed by atoms with Crippen LogP contribution in [0.1, 0.15) is 40.7 Å². The molecular formula is C53H51N. The zero-order chi connectivity index (χ0) is 37.0. The fourth-order valence-electron chi connectivity index (χ4n) is 6.88. The van der Waals surface area contributed by atoms with Crippen molar-refractivity contribution in [3.63, 3.8) is 0 Å². The van der Waals surface area contributed by atoms with Gasteiger partial charge in [-0.1, -0.05) is 212 Å². The Balaban J connectivity index is 0.000000141.